The Labute approximate surface area is 95.8 Å². The Morgan fingerprint density at radius 2 is 2.27 bits per heavy atom. The topological polar surface area (TPSA) is 55.6 Å². The lowest BCUT2D eigenvalue weighted by Gasteiger charge is -2.24. The predicted molar refractivity (Wildman–Crippen MR) is 62.6 cm³/mol. The van der Waals surface area contributed by atoms with Crippen molar-refractivity contribution in [2.24, 2.45) is 5.73 Å². The number of hydrogen-bond donors (Lipinski definition) is 1. The molecule has 0 bridgehead atoms. The molecular weight excluding hydrogens is 212 g/mol. The van der Waals surface area contributed by atoms with Crippen LogP contribution in [-0.2, 0) is 9.53 Å². The van der Waals surface area contributed by atoms with E-state index in [9.17, 15) is 4.79 Å². The van der Waals surface area contributed by atoms with Gasteiger partial charge in [-0.2, -0.15) is 0 Å². The summed E-state index contributed by atoms with van der Waals surface area (Å²) in [5.74, 6) is 0.0382. The van der Waals surface area contributed by atoms with Crippen molar-refractivity contribution in [2.45, 2.75) is 38.3 Å². The Morgan fingerprint density at radius 1 is 1.67 bits per heavy atom. The highest BCUT2D eigenvalue weighted by Crippen LogP contribution is 2.27. The standard InChI is InChI=1S/C10H18N2O2S/c1-7(14-2)10(13)12(8-3-4-8)6-5-9(11)15/h7-8H,3-6H2,1-2H3,(H2,11,15). The summed E-state index contributed by atoms with van der Waals surface area (Å²) in [6.07, 6.45) is 2.38. The molecule has 2 N–H and O–H groups in total. The summed E-state index contributed by atoms with van der Waals surface area (Å²) < 4.78 is 5.02. The molecule has 86 valence electrons. The van der Waals surface area contributed by atoms with E-state index in [1.807, 2.05) is 4.90 Å². The molecule has 1 saturated carbocycles. The smallest absolute Gasteiger partial charge is 0.251 e. The molecule has 1 aliphatic rings. The van der Waals surface area contributed by atoms with Gasteiger partial charge in [-0.05, 0) is 19.8 Å². The van der Waals surface area contributed by atoms with E-state index in [1.54, 1.807) is 14.0 Å². The molecule has 15 heavy (non-hydrogen) atoms. The van der Waals surface area contributed by atoms with Gasteiger partial charge in [0.15, 0.2) is 0 Å². The first-order valence-corrected chi connectivity index (χ1v) is 5.58. The van der Waals surface area contributed by atoms with Crippen LogP contribution >= 0.6 is 12.2 Å². The summed E-state index contributed by atoms with van der Waals surface area (Å²) in [6, 6.07) is 0.379. The van der Waals surface area contributed by atoms with E-state index >= 15 is 0 Å². The molecule has 1 unspecified atom stereocenters. The van der Waals surface area contributed by atoms with E-state index in [4.69, 9.17) is 22.7 Å². The van der Waals surface area contributed by atoms with Gasteiger partial charge in [0.1, 0.15) is 6.10 Å². The third-order valence-electron chi connectivity index (χ3n) is 2.57. The fourth-order valence-electron chi connectivity index (χ4n) is 1.42. The normalized spacial score (nSPS) is 17.2. The van der Waals surface area contributed by atoms with E-state index in [0.717, 1.165) is 12.8 Å². The monoisotopic (exact) mass is 230 g/mol. The quantitative estimate of drug-likeness (QED) is 0.682. The molecule has 0 aromatic carbocycles. The average molecular weight is 230 g/mol. The van der Waals surface area contributed by atoms with Crippen molar-refractivity contribution in [1.29, 1.82) is 0 Å². The van der Waals surface area contributed by atoms with Gasteiger partial charge in [0.25, 0.3) is 5.91 Å². The predicted octanol–water partition coefficient (Wildman–Crippen LogP) is 0.689. The van der Waals surface area contributed by atoms with Crippen LogP contribution in [0.3, 0.4) is 0 Å². The number of ether oxygens (including phenoxy) is 1. The second kappa shape index (κ2) is 5.42. The molecule has 4 nitrogen and oxygen atoms in total. The SMILES string of the molecule is COC(C)C(=O)N(CCC(N)=S)C1CC1. The van der Waals surface area contributed by atoms with Crippen LogP contribution in [0.2, 0.25) is 0 Å². The van der Waals surface area contributed by atoms with Crippen molar-refractivity contribution in [3.63, 3.8) is 0 Å². The fraction of sp³-hybridized carbons (Fsp3) is 0.800. The number of nitrogens with two attached hydrogens (primary N) is 1. The highest BCUT2D eigenvalue weighted by molar-refractivity contribution is 7.80. The molecule has 1 amide bonds. The molecule has 1 atom stereocenters. The maximum absolute atomic E-state index is 11.9. The number of amides is 1. The van der Waals surface area contributed by atoms with Crippen molar-refractivity contribution < 1.29 is 9.53 Å². The number of methoxy groups -OCH3 is 1. The molecule has 1 fully saturated rings. The Hall–Kier alpha value is -0.680. The van der Waals surface area contributed by atoms with Crippen LogP contribution < -0.4 is 5.73 Å². The molecule has 0 aromatic rings. The molecule has 0 aliphatic heterocycles. The van der Waals surface area contributed by atoms with Crippen LogP contribution in [0.15, 0.2) is 0 Å². The van der Waals surface area contributed by atoms with Crippen molar-refractivity contribution in [1.82, 2.24) is 4.90 Å². The summed E-state index contributed by atoms with van der Waals surface area (Å²) in [5, 5.41) is 0. The number of carbonyl (C=O) groups is 1. The highest BCUT2D eigenvalue weighted by atomic mass is 32.1. The molecule has 5 heteroatoms. The molecule has 0 spiro atoms. The van der Waals surface area contributed by atoms with Gasteiger partial charge in [-0.25, -0.2) is 0 Å². The van der Waals surface area contributed by atoms with E-state index in [0.29, 0.717) is 24.0 Å². The second-order valence-corrected chi connectivity index (χ2v) is 4.38. The van der Waals surface area contributed by atoms with Crippen molar-refractivity contribution in [3.05, 3.63) is 0 Å². The van der Waals surface area contributed by atoms with Crippen LogP contribution in [0.1, 0.15) is 26.2 Å². The lowest BCUT2D eigenvalue weighted by molar-refractivity contribution is -0.141. The van der Waals surface area contributed by atoms with Crippen LogP contribution in [0, 0.1) is 0 Å². The van der Waals surface area contributed by atoms with Gasteiger partial charge < -0.3 is 15.4 Å². The van der Waals surface area contributed by atoms with E-state index in [2.05, 4.69) is 0 Å². The minimum atomic E-state index is -0.378. The van der Waals surface area contributed by atoms with Crippen LogP contribution in [-0.4, -0.2) is 41.6 Å². The number of carbonyl (C=O) groups excluding carboxylic acids is 1. The van der Waals surface area contributed by atoms with E-state index in [-0.39, 0.29) is 12.0 Å². The molecule has 1 rings (SSSR count). The third kappa shape index (κ3) is 3.76. The van der Waals surface area contributed by atoms with Gasteiger partial charge in [-0.3, -0.25) is 4.79 Å². The molecular formula is C10H18N2O2S. The van der Waals surface area contributed by atoms with Crippen LogP contribution in [0.5, 0.6) is 0 Å². The molecule has 1 aliphatic carbocycles. The van der Waals surface area contributed by atoms with Gasteiger partial charge in [0, 0.05) is 26.1 Å². The summed E-state index contributed by atoms with van der Waals surface area (Å²) in [7, 11) is 1.54. The van der Waals surface area contributed by atoms with Gasteiger partial charge in [0.05, 0.1) is 4.99 Å². The molecule has 0 heterocycles. The van der Waals surface area contributed by atoms with Crippen molar-refractivity contribution in [2.75, 3.05) is 13.7 Å². The first-order chi connectivity index (χ1) is 7.06. The highest BCUT2D eigenvalue weighted by Gasteiger charge is 2.34. The van der Waals surface area contributed by atoms with E-state index < -0.39 is 0 Å². The first-order valence-electron chi connectivity index (χ1n) is 5.17. The van der Waals surface area contributed by atoms with Gasteiger partial charge >= 0.3 is 0 Å². The van der Waals surface area contributed by atoms with Gasteiger partial charge in [-0.1, -0.05) is 12.2 Å². The summed E-state index contributed by atoms with van der Waals surface area (Å²) in [4.78, 5) is 14.2. The second-order valence-electron chi connectivity index (χ2n) is 3.86. The van der Waals surface area contributed by atoms with Crippen molar-refractivity contribution >= 4 is 23.1 Å². The minimum Gasteiger partial charge on any atom is -0.393 e. The maximum Gasteiger partial charge on any atom is 0.251 e. The minimum absolute atomic E-state index is 0.0382. The summed E-state index contributed by atoms with van der Waals surface area (Å²) in [5.41, 5.74) is 5.43. The average Bonchev–Trinajstić information content (AvgIpc) is 3.00. The first kappa shape index (κ1) is 12.4. The maximum atomic E-state index is 11.9. The van der Waals surface area contributed by atoms with E-state index in [1.165, 1.54) is 0 Å². The van der Waals surface area contributed by atoms with Gasteiger partial charge in [0.2, 0.25) is 0 Å². The van der Waals surface area contributed by atoms with Crippen LogP contribution in [0.4, 0.5) is 0 Å². The van der Waals surface area contributed by atoms with Crippen molar-refractivity contribution in [3.8, 4) is 0 Å². The lowest BCUT2D eigenvalue weighted by atomic mass is 10.3. The Bertz CT molecular complexity index is 254. The number of rotatable bonds is 6. The number of hydrogen-bond acceptors (Lipinski definition) is 3. The molecule has 0 aromatic heterocycles. The Kier molecular flexibility index (Phi) is 4.47. The zero-order valence-corrected chi connectivity index (χ0v) is 10.0. The zero-order chi connectivity index (χ0) is 11.4. The Morgan fingerprint density at radius 3 is 2.67 bits per heavy atom. The summed E-state index contributed by atoms with van der Waals surface area (Å²) in [6.45, 7) is 2.38. The van der Waals surface area contributed by atoms with Gasteiger partial charge in [-0.15, -0.1) is 0 Å². The third-order valence-corrected chi connectivity index (χ3v) is 2.78. The fourth-order valence-corrected chi connectivity index (χ4v) is 1.52. The lowest BCUT2D eigenvalue weighted by Crippen LogP contribution is -2.41. The zero-order valence-electron chi connectivity index (χ0n) is 9.23. The molecule has 0 radical (unpaired) electrons. The number of thiocarbonyl (C=S) groups is 1. The van der Waals surface area contributed by atoms with Crippen LogP contribution in [0.25, 0.3) is 0 Å². The largest absolute Gasteiger partial charge is 0.393 e. The Balaban J connectivity index is 2.49. The number of nitrogens with zero attached hydrogens (tertiary/aromatic N) is 1. The summed E-state index contributed by atoms with van der Waals surface area (Å²) >= 11 is 4.81. The molecule has 0 saturated heterocycles.